The van der Waals surface area contributed by atoms with Gasteiger partial charge in [0.25, 0.3) is 15.9 Å². The fourth-order valence-corrected chi connectivity index (χ4v) is 6.23. The van der Waals surface area contributed by atoms with Gasteiger partial charge in [-0.05, 0) is 36.5 Å². The van der Waals surface area contributed by atoms with E-state index in [1.165, 1.54) is 6.07 Å². The highest BCUT2D eigenvalue weighted by Crippen LogP contribution is 2.33. The van der Waals surface area contributed by atoms with Gasteiger partial charge < -0.3 is 20.7 Å². The number of anilines is 1. The van der Waals surface area contributed by atoms with E-state index in [0.717, 1.165) is 11.3 Å². The first kappa shape index (κ1) is 27.7. The van der Waals surface area contributed by atoms with Crippen LogP contribution < -0.4 is 10.6 Å². The van der Waals surface area contributed by atoms with E-state index in [1.54, 1.807) is 42.5 Å². The highest BCUT2D eigenvalue weighted by atomic mass is 32.2. The number of hydrogen-bond donors (Lipinski definition) is 3. The Kier molecular flexibility index (Phi) is 8.78. The molecule has 10 heteroatoms. The quantitative estimate of drug-likeness (QED) is 0.357. The van der Waals surface area contributed by atoms with Gasteiger partial charge in [-0.3, -0.25) is 4.79 Å². The fourth-order valence-electron chi connectivity index (χ4n) is 4.39. The van der Waals surface area contributed by atoms with Crippen molar-refractivity contribution in [3.63, 3.8) is 0 Å². The summed E-state index contributed by atoms with van der Waals surface area (Å²) >= 11 is 0. The summed E-state index contributed by atoms with van der Waals surface area (Å²) in [5.41, 5.74) is 7.82. The second-order valence-corrected chi connectivity index (χ2v) is 11.4. The van der Waals surface area contributed by atoms with Crippen molar-refractivity contribution in [3.8, 4) is 0 Å². The molecule has 0 unspecified atom stereocenters. The van der Waals surface area contributed by atoms with E-state index >= 15 is 0 Å². The molecule has 0 aliphatic heterocycles. The number of nitrogens with two attached hydrogens (primary N) is 1. The maximum Gasteiger partial charge on any atom is 0.477 e. The minimum absolute atomic E-state index is 0.0500. The third-order valence-corrected chi connectivity index (χ3v) is 7.95. The SMILES string of the molecule is CC(C)C[C@@H](B(O)O)N(C(=O)[C@@H](N)Cc1ccccc1)S(=O)(=O)c1cccc2c(N(C)C)cccc12. The van der Waals surface area contributed by atoms with Gasteiger partial charge in [0.2, 0.25) is 0 Å². The van der Waals surface area contributed by atoms with Gasteiger partial charge in [-0.25, -0.2) is 12.7 Å². The second kappa shape index (κ2) is 11.4. The lowest BCUT2D eigenvalue weighted by molar-refractivity contribution is -0.128. The average Bonchev–Trinajstić information content (AvgIpc) is 2.82. The lowest BCUT2D eigenvalue weighted by atomic mass is 9.75. The number of nitrogens with zero attached hydrogens (tertiary/aromatic N) is 2. The van der Waals surface area contributed by atoms with E-state index in [-0.39, 0.29) is 23.7 Å². The van der Waals surface area contributed by atoms with Crippen LogP contribution in [-0.2, 0) is 21.2 Å². The third-order valence-electron chi connectivity index (χ3n) is 6.07. The van der Waals surface area contributed by atoms with Crippen LogP contribution in [0.4, 0.5) is 5.69 Å². The summed E-state index contributed by atoms with van der Waals surface area (Å²) in [6, 6.07) is 18.0. The zero-order valence-corrected chi connectivity index (χ0v) is 21.9. The molecule has 4 N–H and O–H groups in total. The van der Waals surface area contributed by atoms with E-state index in [2.05, 4.69) is 0 Å². The molecule has 0 bridgehead atoms. The Hall–Kier alpha value is -2.92. The molecule has 192 valence electrons. The molecule has 3 rings (SSSR count). The van der Waals surface area contributed by atoms with E-state index in [4.69, 9.17) is 5.73 Å². The number of rotatable bonds is 10. The standard InChI is InChI=1S/C26H34BN3O5S/c1-18(2)16-25(27(32)33)30(26(31)22(28)17-19-10-6-5-7-11-19)36(34,35)24-15-9-12-20-21(24)13-8-14-23(20)29(3)4/h5-15,18,22,25,32-33H,16-17,28H2,1-4H3/t22-,25-/m0/s1. The number of fused-ring (bicyclic) bond motifs is 1. The zero-order valence-electron chi connectivity index (χ0n) is 21.1. The van der Waals surface area contributed by atoms with Crippen molar-refractivity contribution in [2.75, 3.05) is 19.0 Å². The molecule has 1 amide bonds. The van der Waals surface area contributed by atoms with Crippen LogP contribution in [0.5, 0.6) is 0 Å². The first-order valence-electron chi connectivity index (χ1n) is 11.9. The van der Waals surface area contributed by atoms with Gasteiger partial charge in [-0.2, -0.15) is 0 Å². The summed E-state index contributed by atoms with van der Waals surface area (Å²) in [5, 5.41) is 21.6. The molecule has 0 aromatic heterocycles. The van der Waals surface area contributed by atoms with Crippen LogP contribution in [0.2, 0.25) is 0 Å². The smallest absolute Gasteiger partial charge is 0.426 e. The Morgan fingerprint density at radius 1 is 0.944 bits per heavy atom. The number of carbonyl (C=O) groups excluding carboxylic acids is 1. The van der Waals surface area contributed by atoms with Crippen molar-refractivity contribution < 1.29 is 23.3 Å². The monoisotopic (exact) mass is 511 g/mol. The van der Waals surface area contributed by atoms with E-state index in [9.17, 15) is 23.3 Å². The molecule has 0 spiro atoms. The normalized spacial score (nSPS) is 13.4. The highest BCUT2D eigenvalue weighted by molar-refractivity contribution is 7.90. The number of amides is 1. The minimum atomic E-state index is -4.53. The first-order valence-corrected chi connectivity index (χ1v) is 13.3. The minimum Gasteiger partial charge on any atom is -0.426 e. The summed E-state index contributed by atoms with van der Waals surface area (Å²) in [6.45, 7) is 3.63. The first-order chi connectivity index (χ1) is 16.9. The van der Waals surface area contributed by atoms with E-state index < -0.39 is 35.0 Å². The van der Waals surface area contributed by atoms with Crippen LogP contribution in [0, 0.1) is 5.92 Å². The molecular formula is C26H34BN3O5S. The van der Waals surface area contributed by atoms with Gasteiger partial charge >= 0.3 is 7.12 Å². The molecule has 0 aliphatic rings. The van der Waals surface area contributed by atoms with Gasteiger partial charge in [-0.15, -0.1) is 0 Å². The Morgan fingerprint density at radius 3 is 2.14 bits per heavy atom. The fraction of sp³-hybridized carbons (Fsp3) is 0.346. The predicted molar refractivity (Wildman–Crippen MR) is 144 cm³/mol. The summed E-state index contributed by atoms with van der Waals surface area (Å²) in [4.78, 5) is 15.5. The topological polar surface area (TPSA) is 124 Å². The summed E-state index contributed by atoms with van der Waals surface area (Å²) < 4.78 is 28.9. The van der Waals surface area contributed by atoms with Crippen LogP contribution in [0.25, 0.3) is 10.8 Å². The molecule has 0 saturated heterocycles. The molecule has 3 aromatic carbocycles. The number of carbonyl (C=O) groups is 1. The van der Waals surface area contributed by atoms with Crippen molar-refractivity contribution in [1.29, 1.82) is 0 Å². The van der Waals surface area contributed by atoms with Gasteiger partial charge in [0.05, 0.1) is 16.9 Å². The maximum atomic E-state index is 14.2. The molecule has 8 nitrogen and oxygen atoms in total. The Bertz CT molecular complexity index is 1300. The lowest BCUT2D eigenvalue weighted by Gasteiger charge is -2.33. The summed E-state index contributed by atoms with van der Waals surface area (Å²) in [7, 11) is -2.90. The predicted octanol–water partition coefficient (Wildman–Crippen LogP) is 2.42. The van der Waals surface area contributed by atoms with Gasteiger partial charge in [0.15, 0.2) is 0 Å². The highest BCUT2D eigenvalue weighted by Gasteiger charge is 2.44. The maximum absolute atomic E-state index is 14.2. The second-order valence-electron chi connectivity index (χ2n) is 9.57. The molecule has 0 radical (unpaired) electrons. The number of hydrogen-bond acceptors (Lipinski definition) is 7. The van der Waals surface area contributed by atoms with Gasteiger partial charge in [0, 0.05) is 30.6 Å². The lowest BCUT2D eigenvalue weighted by Crippen LogP contribution is -2.57. The van der Waals surface area contributed by atoms with Crippen molar-refractivity contribution in [3.05, 3.63) is 72.3 Å². The van der Waals surface area contributed by atoms with Crippen LogP contribution >= 0.6 is 0 Å². The van der Waals surface area contributed by atoms with Gasteiger partial charge in [0.1, 0.15) is 0 Å². The molecule has 0 aliphatic carbocycles. The Labute approximate surface area is 213 Å². The third kappa shape index (κ3) is 5.89. The molecule has 3 aromatic rings. The summed E-state index contributed by atoms with van der Waals surface area (Å²) in [6.07, 6.45) is 0.149. The van der Waals surface area contributed by atoms with Crippen LogP contribution in [0.1, 0.15) is 25.8 Å². The zero-order chi connectivity index (χ0) is 26.6. The average molecular weight is 511 g/mol. The van der Waals surface area contributed by atoms with Crippen molar-refractivity contribution in [2.24, 2.45) is 11.7 Å². The van der Waals surface area contributed by atoms with Crippen molar-refractivity contribution >= 4 is 39.5 Å². The summed E-state index contributed by atoms with van der Waals surface area (Å²) in [5.74, 6) is -2.42. The molecule has 0 heterocycles. The molecule has 36 heavy (non-hydrogen) atoms. The van der Waals surface area contributed by atoms with Crippen LogP contribution in [0.3, 0.4) is 0 Å². The van der Waals surface area contributed by atoms with Crippen molar-refractivity contribution in [2.45, 2.75) is 43.6 Å². The van der Waals surface area contributed by atoms with E-state index in [1.807, 2.05) is 51.0 Å². The van der Waals surface area contributed by atoms with Gasteiger partial charge in [-0.1, -0.05) is 68.4 Å². The van der Waals surface area contributed by atoms with E-state index in [0.29, 0.717) is 15.1 Å². The van der Waals surface area contributed by atoms with Crippen LogP contribution in [0.15, 0.2) is 71.6 Å². The molecular weight excluding hydrogens is 477 g/mol. The largest absolute Gasteiger partial charge is 0.477 e. The Balaban J connectivity index is 2.18. The molecule has 0 saturated carbocycles. The van der Waals surface area contributed by atoms with Crippen molar-refractivity contribution in [1.82, 2.24) is 4.31 Å². The molecule has 0 fully saturated rings. The molecule has 2 atom stereocenters. The number of benzene rings is 3. The number of sulfonamides is 1. The Morgan fingerprint density at radius 2 is 1.56 bits per heavy atom. The van der Waals surface area contributed by atoms with Crippen LogP contribution in [-0.4, -0.2) is 61.9 Å².